The highest BCUT2D eigenvalue weighted by Crippen LogP contribution is 1.88. The van der Waals surface area contributed by atoms with Crippen molar-refractivity contribution in [3.05, 3.63) is 36.1 Å². The number of hydrogen-bond donors (Lipinski definition) is 1. The third-order valence-electron chi connectivity index (χ3n) is 1.02. The predicted molar refractivity (Wildman–Crippen MR) is 57.9 cm³/mol. The maximum absolute atomic E-state index is 5.55. The normalized spacial score (nSPS) is 11.8. The average Bonchev–Trinajstić information content (AvgIpc) is 2.09. The van der Waals surface area contributed by atoms with E-state index in [9.17, 15) is 0 Å². The van der Waals surface area contributed by atoms with Gasteiger partial charge in [0.25, 0.3) is 0 Å². The van der Waals surface area contributed by atoms with E-state index in [-0.39, 0.29) is 0 Å². The molecule has 0 aliphatic heterocycles. The molecule has 0 saturated carbocycles. The Morgan fingerprint density at radius 1 is 1.33 bits per heavy atom. The summed E-state index contributed by atoms with van der Waals surface area (Å²) in [6.07, 6.45) is 10.8. The fraction of sp³-hybridized carbons (Fsp3) is 0.455. The summed E-state index contributed by atoms with van der Waals surface area (Å²) in [5.74, 6) is 0. The van der Waals surface area contributed by atoms with Crippen LogP contribution in [0.3, 0.4) is 0 Å². The van der Waals surface area contributed by atoms with Crippen LogP contribution in [0, 0.1) is 0 Å². The highest BCUT2D eigenvalue weighted by Gasteiger charge is 1.74. The van der Waals surface area contributed by atoms with Gasteiger partial charge in [-0.2, -0.15) is 0 Å². The zero-order valence-electron chi connectivity index (χ0n) is 8.67. The van der Waals surface area contributed by atoms with Crippen molar-refractivity contribution < 1.29 is 0 Å². The molecule has 70 valence electrons. The molecule has 0 aromatic rings. The molecule has 0 heterocycles. The average molecular weight is 167 g/mol. The van der Waals surface area contributed by atoms with Gasteiger partial charge in [0.05, 0.1) is 0 Å². The molecular weight excluding hydrogens is 146 g/mol. The third-order valence-corrected chi connectivity index (χ3v) is 1.02. The second-order valence-corrected chi connectivity index (χ2v) is 2.00. The van der Waals surface area contributed by atoms with Crippen LogP contribution >= 0.6 is 0 Å². The Hall–Kier alpha value is -0.980. The topological polar surface area (TPSA) is 26.0 Å². The summed E-state index contributed by atoms with van der Waals surface area (Å²) in [6.45, 7) is 8.04. The van der Waals surface area contributed by atoms with Gasteiger partial charge in [0.1, 0.15) is 0 Å². The molecule has 0 amide bonds. The molecule has 0 fully saturated rings. The fourth-order valence-corrected chi connectivity index (χ4v) is 0.563. The summed E-state index contributed by atoms with van der Waals surface area (Å²) < 4.78 is 0. The van der Waals surface area contributed by atoms with Crippen LogP contribution in [0.4, 0.5) is 0 Å². The lowest BCUT2D eigenvalue weighted by Crippen LogP contribution is -1.90. The minimum atomic E-state index is 0.798. The van der Waals surface area contributed by atoms with Gasteiger partial charge < -0.3 is 5.73 Å². The van der Waals surface area contributed by atoms with E-state index in [1.165, 1.54) is 0 Å². The summed E-state index contributed by atoms with van der Waals surface area (Å²) >= 11 is 0. The largest absolute Gasteiger partial charge is 0.399 e. The molecule has 2 N–H and O–H groups in total. The minimum absolute atomic E-state index is 0.798. The minimum Gasteiger partial charge on any atom is -0.399 e. The van der Waals surface area contributed by atoms with E-state index < -0.39 is 0 Å². The molecule has 0 aliphatic carbocycles. The SMILES string of the molecule is C/C=C\C(N)=C/C=CCC.CC. The van der Waals surface area contributed by atoms with Crippen molar-refractivity contribution in [2.45, 2.75) is 34.1 Å². The Balaban J connectivity index is 0. The van der Waals surface area contributed by atoms with Crippen LogP contribution in [-0.4, -0.2) is 0 Å². The number of rotatable bonds is 3. The Morgan fingerprint density at radius 3 is 2.33 bits per heavy atom. The van der Waals surface area contributed by atoms with Gasteiger partial charge in [-0.1, -0.05) is 39.0 Å². The van der Waals surface area contributed by atoms with Gasteiger partial charge >= 0.3 is 0 Å². The van der Waals surface area contributed by atoms with Crippen molar-refractivity contribution in [1.29, 1.82) is 0 Å². The van der Waals surface area contributed by atoms with Gasteiger partial charge in [-0.05, 0) is 25.5 Å². The van der Waals surface area contributed by atoms with Crippen LogP contribution < -0.4 is 5.73 Å². The van der Waals surface area contributed by atoms with Crippen LogP contribution in [-0.2, 0) is 0 Å². The summed E-state index contributed by atoms with van der Waals surface area (Å²) in [5, 5.41) is 0. The Kier molecular flexibility index (Phi) is 14.4. The van der Waals surface area contributed by atoms with Gasteiger partial charge in [-0.3, -0.25) is 0 Å². The zero-order valence-corrected chi connectivity index (χ0v) is 8.67. The smallest absolute Gasteiger partial charge is 0.0310 e. The van der Waals surface area contributed by atoms with Crippen LogP contribution in [0.1, 0.15) is 34.1 Å². The second kappa shape index (κ2) is 12.7. The molecule has 1 nitrogen and oxygen atoms in total. The van der Waals surface area contributed by atoms with E-state index >= 15 is 0 Å². The first kappa shape index (κ1) is 13.6. The molecule has 1 heteroatoms. The molecule has 0 saturated heterocycles. The lowest BCUT2D eigenvalue weighted by atomic mass is 10.3. The molecule has 0 bridgehead atoms. The van der Waals surface area contributed by atoms with Gasteiger partial charge in [0, 0.05) is 5.70 Å². The monoisotopic (exact) mass is 167 g/mol. The summed E-state index contributed by atoms with van der Waals surface area (Å²) in [4.78, 5) is 0. The number of nitrogens with two attached hydrogens (primary N) is 1. The number of allylic oxidation sites excluding steroid dienone is 5. The standard InChI is InChI=1S/C9H15N.C2H6/c1-3-5-6-8-9(10)7-4-2;1-2/h4-8H,3,10H2,1-2H3;1-2H3/b6-5?,7-4-,9-8+;. The Bertz CT molecular complexity index is 152. The van der Waals surface area contributed by atoms with Crippen LogP contribution in [0.5, 0.6) is 0 Å². The first-order chi connectivity index (χ1) is 5.81. The highest BCUT2D eigenvalue weighted by atomic mass is 14.5. The van der Waals surface area contributed by atoms with E-state index in [2.05, 4.69) is 13.0 Å². The van der Waals surface area contributed by atoms with Crippen LogP contribution in [0.25, 0.3) is 0 Å². The first-order valence-corrected chi connectivity index (χ1v) is 4.56. The third kappa shape index (κ3) is 11.8. The van der Waals surface area contributed by atoms with Gasteiger partial charge in [0.2, 0.25) is 0 Å². The van der Waals surface area contributed by atoms with E-state index in [1.54, 1.807) is 0 Å². The molecular formula is C11H21N. The van der Waals surface area contributed by atoms with Crippen molar-refractivity contribution in [2.75, 3.05) is 0 Å². The summed E-state index contributed by atoms with van der Waals surface area (Å²) in [7, 11) is 0. The number of hydrogen-bond acceptors (Lipinski definition) is 1. The predicted octanol–water partition coefficient (Wildman–Crippen LogP) is 3.40. The van der Waals surface area contributed by atoms with Gasteiger partial charge in [0.15, 0.2) is 0 Å². The maximum Gasteiger partial charge on any atom is 0.0310 e. The van der Waals surface area contributed by atoms with Crippen molar-refractivity contribution >= 4 is 0 Å². The van der Waals surface area contributed by atoms with E-state index in [1.807, 2.05) is 45.1 Å². The maximum atomic E-state index is 5.55. The summed E-state index contributed by atoms with van der Waals surface area (Å²) in [5.41, 5.74) is 6.35. The molecule has 0 spiro atoms. The first-order valence-electron chi connectivity index (χ1n) is 4.56. The van der Waals surface area contributed by atoms with Crippen molar-refractivity contribution in [2.24, 2.45) is 5.73 Å². The Labute approximate surface area is 76.7 Å². The second-order valence-electron chi connectivity index (χ2n) is 2.00. The quantitative estimate of drug-likeness (QED) is 0.640. The van der Waals surface area contributed by atoms with E-state index in [4.69, 9.17) is 5.73 Å². The molecule has 0 atom stereocenters. The molecule has 0 aromatic heterocycles. The highest BCUT2D eigenvalue weighted by molar-refractivity contribution is 5.19. The van der Waals surface area contributed by atoms with Crippen molar-refractivity contribution in [1.82, 2.24) is 0 Å². The lowest BCUT2D eigenvalue weighted by molar-refractivity contribution is 1.22. The van der Waals surface area contributed by atoms with E-state index in [0.29, 0.717) is 0 Å². The molecule has 0 aromatic carbocycles. The molecule has 0 aliphatic rings. The zero-order chi connectivity index (χ0) is 9.82. The molecule has 0 unspecified atom stereocenters. The van der Waals surface area contributed by atoms with Crippen LogP contribution in [0.2, 0.25) is 0 Å². The molecule has 0 rings (SSSR count). The summed E-state index contributed by atoms with van der Waals surface area (Å²) in [6, 6.07) is 0. The molecule has 12 heavy (non-hydrogen) atoms. The van der Waals surface area contributed by atoms with E-state index in [0.717, 1.165) is 12.1 Å². The fourth-order valence-electron chi connectivity index (χ4n) is 0.563. The van der Waals surface area contributed by atoms with Gasteiger partial charge in [-0.25, -0.2) is 0 Å². The molecule has 0 radical (unpaired) electrons. The van der Waals surface area contributed by atoms with Gasteiger partial charge in [-0.15, -0.1) is 0 Å². The van der Waals surface area contributed by atoms with Crippen molar-refractivity contribution in [3.8, 4) is 0 Å². The Morgan fingerprint density at radius 2 is 1.92 bits per heavy atom. The van der Waals surface area contributed by atoms with Crippen LogP contribution in [0.15, 0.2) is 36.1 Å². The lowest BCUT2D eigenvalue weighted by Gasteiger charge is -1.85. The van der Waals surface area contributed by atoms with Crippen molar-refractivity contribution in [3.63, 3.8) is 0 Å².